The molecule has 1 fully saturated rings. The molecular formula is C27H28N3O8P. The first kappa shape index (κ1) is 26.7. The van der Waals surface area contributed by atoms with Crippen molar-refractivity contribution in [2.75, 3.05) is 0 Å². The number of imidazole rings is 1. The molecule has 0 spiro atoms. The maximum absolute atomic E-state index is 13.1. The van der Waals surface area contributed by atoms with Crippen molar-refractivity contribution in [3.05, 3.63) is 72.2 Å². The summed E-state index contributed by atoms with van der Waals surface area (Å²) < 4.78 is 23.0. The number of phosphoric acid groups is 1. The van der Waals surface area contributed by atoms with Gasteiger partial charge in [0.25, 0.3) is 5.91 Å². The standard InChI is InChI=1S/C27H28N3O8P/c31-26(29-23(27(32)33)14-17-6-9-21(10-7-17)38-39(34,35)36)18-8-11-24-22(15-18)28-25(19-12-13-37-16-19)30(24)20-4-2-1-3-5-20/h6-13,15-16,20,23H,1-5,14H2,(H,29,31)(H,32,33)(H2,34,35,36)/t23-/m0/s1. The second-order valence-corrected chi connectivity index (χ2v) is 10.8. The van der Waals surface area contributed by atoms with Crippen LogP contribution in [0.25, 0.3) is 22.4 Å². The molecule has 5 rings (SSSR count). The molecule has 2 aromatic carbocycles. The average molecular weight is 554 g/mol. The number of carbonyl (C=O) groups excluding carboxylic acids is 1. The van der Waals surface area contributed by atoms with Gasteiger partial charge in [-0.05, 0) is 54.8 Å². The minimum Gasteiger partial charge on any atom is -0.480 e. The lowest BCUT2D eigenvalue weighted by molar-refractivity contribution is -0.139. The molecule has 1 aliphatic carbocycles. The maximum Gasteiger partial charge on any atom is 0.524 e. The zero-order valence-electron chi connectivity index (χ0n) is 20.9. The van der Waals surface area contributed by atoms with Crippen LogP contribution in [0.3, 0.4) is 0 Å². The van der Waals surface area contributed by atoms with Gasteiger partial charge in [0.1, 0.15) is 23.9 Å². The number of fused-ring (bicyclic) bond motifs is 1. The van der Waals surface area contributed by atoms with Gasteiger partial charge in [-0.15, -0.1) is 0 Å². The van der Waals surface area contributed by atoms with E-state index in [0.29, 0.717) is 17.1 Å². The number of aromatic nitrogens is 2. The number of carbonyl (C=O) groups is 2. The molecule has 0 bridgehead atoms. The van der Waals surface area contributed by atoms with Crippen LogP contribution in [-0.2, 0) is 15.8 Å². The fraction of sp³-hybridized carbons (Fsp3) is 0.296. The third-order valence-corrected chi connectivity index (χ3v) is 7.31. The van der Waals surface area contributed by atoms with E-state index in [2.05, 4.69) is 14.4 Å². The summed E-state index contributed by atoms with van der Waals surface area (Å²) in [7, 11) is -4.70. The van der Waals surface area contributed by atoms with E-state index in [0.717, 1.165) is 42.6 Å². The number of phosphoric ester groups is 1. The van der Waals surface area contributed by atoms with E-state index in [4.69, 9.17) is 19.2 Å². The Labute approximate surface area is 223 Å². The van der Waals surface area contributed by atoms with Gasteiger partial charge in [-0.3, -0.25) is 14.6 Å². The van der Waals surface area contributed by atoms with Crippen molar-refractivity contribution in [2.45, 2.75) is 50.6 Å². The Kier molecular flexibility index (Phi) is 7.56. The summed E-state index contributed by atoms with van der Waals surface area (Å²) in [4.78, 5) is 47.7. The Morgan fingerprint density at radius 2 is 1.85 bits per heavy atom. The molecule has 0 aliphatic heterocycles. The lowest BCUT2D eigenvalue weighted by atomic mass is 9.95. The molecule has 39 heavy (non-hydrogen) atoms. The van der Waals surface area contributed by atoms with Crippen LogP contribution >= 0.6 is 7.82 Å². The highest BCUT2D eigenvalue weighted by molar-refractivity contribution is 7.46. The number of nitrogens with one attached hydrogen (secondary N) is 1. The van der Waals surface area contributed by atoms with Crippen LogP contribution in [0.5, 0.6) is 5.75 Å². The van der Waals surface area contributed by atoms with Crippen molar-refractivity contribution in [3.63, 3.8) is 0 Å². The Morgan fingerprint density at radius 3 is 2.49 bits per heavy atom. The van der Waals surface area contributed by atoms with Crippen molar-refractivity contribution in [2.24, 2.45) is 0 Å². The Balaban J connectivity index is 1.37. The van der Waals surface area contributed by atoms with E-state index < -0.39 is 25.7 Å². The predicted octanol–water partition coefficient (Wildman–Crippen LogP) is 4.70. The molecule has 0 unspecified atom stereocenters. The van der Waals surface area contributed by atoms with Gasteiger partial charge < -0.3 is 23.9 Å². The highest BCUT2D eigenvalue weighted by atomic mass is 31.2. The van der Waals surface area contributed by atoms with Crippen molar-refractivity contribution < 1.29 is 38.0 Å². The molecule has 1 aliphatic rings. The zero-order valence-corrected chi connectivity index (χ0v) is 21.8. The third kappa shape index (κ3) is 6.22. The van der Waals surface area contributed by atoms with Crippen molar-refractivity contribution in [3.8, 4) is 17.1 Å². The molecule has 4 N–H and O–H groups in total. The lowest BCUT2D eigenvalue weighted by Crippen LogP contribution is -2.42. The van der Waals surface area contributed by atoms with Crippen LogP contribution in [0.2, 0.25) is 0 Å². The SMILES string of the molecule is O=C(N[C@@H](Cc1ccc(OP(=O)(O)O)cc1)C(=O)O)c1ccc2c(c1)nc(-c1ccoc1)n2C1CCCCC1. The normalized spacial score (nSPS) is 15.2. The highest BCUT2D eigenvalue weighted by Gasteiger charge is 2.25. The van der Waals surface area contributed by atoms with Gasteiger partial charge >= 0.3 is 13.8 Å². The topological polar surface area (TPSA) is 164 Å². The van der Waals surface area contributed by atoms with E-state index in [9.17, 15) is 19.3 Å². The first-order valence-electron chi connectivity index (χ1n) is 12.6. The number of hydrogen-bond donors (Lipinski definition) is 4. The summed E-state index contributed by atoms with van der Waals surface area (Å²) in [6, 6.07) is 11.7. The van der Waals surface area contributed by atoms with E-state index in [1.165, 1.54) is 30.7 Å². The van der Waals surface area contributed by atoms with Crippen LogP contribution < -0.4 is 9.84 Å². The number of aliphatic carboxylic acids is 1. The quantitative estimate of drug-likeness (QED) is 0.215. The van der Waals surface area contributed by atoms with Crippen molar-refractivity contribution in [1.29, 1.82) is 0 Å². The molecule has 1 saturated carbocycles. The van der Waals surface area contributed by atoms with E-state index in [1.807, 2.05) is 12.1 Å². The van der Waals surface area contributed by atoms with Gasteiger partial charge in [-0.25, -0.2) is 14.3 Å². The molecule has 1 atom stereocenters. The Morgan fingerprint density at radius 1 is 1.10 bits per heavy atom. The molecule has 0 saturated heterocycles. The number of furan rings is 1. The summed E-state index contributed by atoms with van der Waals surface area (Å²) in [6.07, 6.45) is 8.80. The summed E-state index contributed by atoms with van der Waals surface area (Å²) in [6.45, 7) is 0. The number of carboxylic acids is 1. The second-order valence-electron chi connectivity index (χ2n) is 9.61. The molecule has 11 nitrogen and oxygen atoms in total. The smallest absolute Gasteiger partial charge is 0.480 e. The van der Waals surface area contributed by atoms with E-state index in [1.54, 1.807) is 24.7 Å². The number of benzene rings is 2. The van der Waals surface area contributed by atoms with E-state index >= 15 is 0 Å². The first-order chi connectivity index (χ1) is 18.7. The van der Waals surface area contributed by atoms with Crippen molar-refractivity contribution in [1.82, 2.24) is 14.9 Å². The Hall–Kier alpha value is -3.92. The Bertz CT molecular complexity index is 1520. The van der Waals surface area contributed by atoms with Gasteiger partial charge in [-0.1, -0.05) is 31.4 Å². The average Bonchev–Trinajstić information content (AvgIpc) is 3.56. The fourth-order valence-corrected chi connectivity index (χ4v) is 5.44. The summed E-state index contributed by atoms with van der Waals surface area (Å²) in [5, 5.41) is 12.3. The summed E-state index contributed by atoms with van der Waals surface area (Å²) in [5.74, 6) is -1.05. The molecular weight excluding hydrogens is 525 g/mol. The van der Waals surface area contributed by atoms with Gasteiger partial charge in [0, 0.05) is 18.0 Å². The summed E-state index contributed by atoms with van der Waals surface area (Å²) in [5.41, 5.74) is 3.21. The number of carboxylic acid groups (broad SMARTS) is 1. The number of amides is 1. The molecule has 4 aromatic rings. The number of rotatable bonds is 9. The number of hydrogen-bond acceptors (Lipinski definition) is 6. The maximum atomic E-state index is 13.1. The molecule has 2 aromatic heterocycles. The van der Waals surface area contributed by atoms with Crippen molar-refractivity contribution >= 4 is 30.7 Å². The van der Waals surface area contributed by atoms with Crippen LogP contribution in [0, 0.1) is 0 Å². The van der Waals surface area contributed by atoms with Crippen LogP contribution in [0.1, 0.15) is 54.1 Å². The predicted molar refractivity (Wildman–Crippen MR) is 141 cm³/mol. The molecule has 204 valence electrons. The van der Waals surface area contributed by atoms with Gasteiger partial charge in [0.05, 0.1) is 22.9 Å². The lowest BCUT2D eigenvalue weighted by Gasteiger charge is -2.25. The second kappa shape index (κ2) is 11.1. The zero-order chi connectivity index (χ0) is 27.6. The van der Waals surface area contributed by atoms with Crippen LogP contribution in [-0.4, -0.2) is 42.4 Å². The van der Waals surface area contributed by atoms with Crippen LogP contribution in [0.4, 0.5) is 0 Å². The van der Waals surface area contributed by atoms with Crippen LogP contribution in [0.15, 0.2) is 65.5 Å². The minimum atomic E-state index is -4.70. The third-order valence-electron chi connectivity index (χ3n) is 6.86. The highest BCUT2D eigenvalue weighted by Crippen LogP contribution is 2.38. The van der Waals surface area contributed by atoms with E-state index in [-0.39, 0.29) is 17.7 Å². The monoisotopic (exact) mass is 553 g/mol. The molecule has 1 amide bonds. The fourth-order valence-electron chi connectivity index (χ4n) is 5.05. The van der Waals surface area contributed by atoms with Gasteiger partial charge in [0.15, 0.2) is 0 Å². The molecule has 12 heteroatoms. The first-order valence-corrected chi connectivity index (χ1v) is 14.1. The largest absolute Gasteiger partial charge is 0.524 e. The number of nitrogens with zero attached hydrogens (tertiary/aromatic N) is 2. The molecule has 2 heterocycles. The minimum absolute atomic E-state index is 0.0412. The molecule has 0 radical (unpaired) electrons. The summed E-state index contributed by atoms with van der Waals surface area (Å²) >= 11 is 0. The van der Waals surface area contributed by atoms with Gasteiger partial charge in [-0.2, -0.15) is 0 Å². The van der Waals surface area contributed by atoms with Gasteiger partial charge in [0.2, 0.25) is 0 Å².